The Hall–Kier alpha value is -1.18. The quantitative estimate of drug-likeness (QED) is 0.704. The van der Waals surface area contributed by atoms with Crippen LogP contribution in [0.3, 0.4) is 0 Å². The maximum atomic E-state index is 12.4. The second-order valence-corrected chi connectivity index (χ2v) is 5.75. The first kappa shape index (κ1) is 17.2. The van der Waals surface area contributed by atoms with E-state index in [-0.39, 0.29) is 17.9 Å². The predicted octanol–water partition coefficient (Wildman–Crippen LogP) is -1.01. The molecule has 0 saturated carbocycles. The van der Waals surface area contributed by atoms with E-state index in [0.29, 0.717) is 45.9 Å². The molecule has 7 nitrogen and oxygen atoms in total. The Morgan fingerprint density at radius 3 is 2.32 bits per heavy atom. The van der Waals surface area contributed by atoms with Crippen molar-refractivity contribution in [1.29, 1.82) is 0 Å². The van der Waals surface area contributed by atoms with Crippen molar-refractivity contribution in [2.45, 2.75) is 19.9 Å². The van der Waals surface area contributed by atoms with Gasteiger partial charge in [-0.3, -0.25) is 14.5 Å². The van der Waals surface area contributed by atoms with Gasteiger partial charge in [0.15, 0.2) is 0 Å². The molecule has 1 unspecified atom stereocenters. The lowest BCUT2D eigenvalue weighted by molar-refractivity contribution is -0.143. The summed E-state index contributed by atoms with van der Waals surface area (Å²) in [5, 5.41) is 3.19. The minimum atomic E-state index is -0.230. The van der Waals surface area contributed by atoms with Crippen molar-refractivity contribution in [1.82, 2.24) is 20.0 Å². The van der Waals surface area contributed by atoms with Gasteiger partial charge in [-0.1, -0.05) is 13.8 Å². The van der Waals surface area contributed by atoms with Crippen molar-refractivity contribution in [3.8, 4) is 0 Å². The highest BCUT2D eigenvalue weighted by Crippen LogP contribution is 2.07. The van der Waals surface area contributed by atoms with E-state index in [4.69, 9.17) is 4.74 Å². The first-order valence-electron chi connectivity index (χ1n) is 8.25. The number of carbonyl (C=O) groups excluding carboxylic acids is 2. The van der Waals surface area contributed by atoms with E-state index in [1.807, 2.05) is 9.80 Å². The number of amides is 2. The van der Waals surface area contributed by atoms with E-state index in [9.17, 15) is 9.59 Å². The Balaban J connectivity index is 1.77. The summed E-state index contributed by atoms with van der Waals surface area (Å²) in [5.74, 6) is 0.255. The number of piperazine rings is 1. The number of likely N-dealkylation sites (N-methyl/N-ethyl adjacent to an activating group) is 1. The molecule has 126 valence electrons. The molecule has 2 aliphatic heterocycles. The number of rotatable bonds is 5. The summed E-state index contributed by atoms with van der Waals surface area (Å²) in [4.78, 5) is 30.4. The third-order valence-electron chi connectivity index (χ3n) is 4.42. The molecular weight excluding hydrogens is 284 g/mol. The summed E-state index contributed by atoms with van der Waals surface area (Å²) < 4.78 is 5.34. The van der Waals surface area contributed by atoms with Crippen LogP contribution in [0.1, 0.15) is 13.8 Å². The molecule has 1 N–H and O–H groups in total. The normalized spacial score (nSPS) is 23.0. The molecule has 22 heavy (non-hydrogen) atoms. The van der Waals surface area contributed by atoms with Crippen molar-refractivity contribution in [2.75, 3.05) is 65.6 Å². The number of hydrogen-bond acceptors (Lipinski definition) is 5. The van der Waals surface area contributed by atoms with Crippen LogP contribution in [0, 0.1) is 0 Å². The summed E-state index contributed by atoms with van der Waals surface area (Å²) in [5.41, 5.74) is 0. The average Bonchev–Trinajstić information content (AvgIpc) is 2.59. The van der Waals surface area contributed by atoms with E-state index in [2.05, 4.69) is 24.1 Å². The fourth-order valence-corrected chi connectivity index (χ4v) is 2.86. The third kappa shape index (κ3) is 4.41. The molecule has 0 bridgehead atoms. The Bertz CT molecular complexity index is 373. The summed E-state index contributed by atoms with van der Waals surface area (Å²) in [6.07, 6.45) is 0. The van der Waals surface area contributed by atoms with Crippen LogP contribution in [0.5, 0.6) is 0 Å². The summed E-state index contributed by atoms with van der Waals surface area (Å²) >= 11 is 0. The van der Waals surface area contributed by atoms with Crippen LogP contribution < -0.4 is 5.32 Å². The highest BCUT2D eigenvalue weighted by Gasteiger charge is 2.30. The molecule has 0 aromatic carbocycles. The number of morpholine rings is 1. The SMILES string of the molecule is CCN(CC)CC(=O)N1CCN(C(=O)C2COCCN2)CC1. The number of carbonyl (C=O) groups is 2. The molecule has 2 saturated heterocycles. The predicted molar refractivity (Wildman–Crippen MR) is 83.6 cm³/mol. The molecule has 0 radical (unpaired) electrons. The van der Waals surface area contributed by atoms with Gasteiger partial charge in [-0.2, -0.15) is 0 Å². The van der Waals surface area contributed by atoms with Crippen LogP contribution in [0.2, 0.25) is 0 Å². The van der Waals surface area contributed by atoms with E-state index in [0.717, 1.165) is 19.6 Å². The summed E-state index contributed by atoms with van der Waals surface area (Å²) in [6.45, 7) is 10.7. The molecule has 1 atom stereocenters. The Labute approximate surface area is 132 Å². The number of hydrogen-bond donors (Lipinski definition) is 1. The lowest BCUT2D eigenvalue weighted by atomic mass is 10.2. The molecule has 2 amide bonds. The van der Waals surface area contributed by atoms with E-state index in [1.165, 1.54) is 0 Å². The number of nitrogens with zero attached hydrogens (tertiary/aromatic N) is 3. The van der Waals surface area contributed by atoms with E-state index in [1.54, 1.807) is 0 Å². The van der Waals surface area contributed by atoms with Gasteiger partial charge < -0.3 is 19.9 Å². The lowest BCUT2D eigenvalue weighted by Crippen LogP contribution is -2.58. The number of nitrogens with one attached hydrogen (secondary N) is 1. The van der Waals surface area contributed by atoms with Gasteiger partial charge in [0.1, 0.15) is 6.04 Å². The molecule has 0 aromatic heterocycles. The third-order valence-corrected chi connectivity index (χ3v) is 4.42. The fraction of sp³-hybridized carbons (Fsp3) is 0.867. The highest BCUT2D eigenvalue weighted by atomic mass is 16.5. The molecule has 2 rings (SSSR count). The van der Waals surface area contributed by atoms with Crippen molar-refractivity contribution >= 4 is 11.8 Å². The monoisotopic (exact) mass is 312 g/mol. The van der Waals surface area contributed by atoms with Crippen LogP contribution in [0.15, 0.2) is 0 Å². The fourth-order valence-electron chi connectivity index (χ4n) is 2.86. The minimum Gasteiger partial charge on any atom is -0.378 e. The van der Waals surface area contributed by atoms with Gasteiger partial charge in [0.25, 0.3) is 0 Å². The summed E-state index contributed by atoms with van der Waals surface area (Å²) in [6, 6.07) is -0.230. The van der Waals surface area contributed by atoms with Gasteiger partial charge >= 0.3 is 0 Å². The van der Waals surface area contributed by atoms with Crippen molar-refractivity contribution in [3.05, 3.63) is 0 Å². The zero-order valence-corrected chi connectivity index (χ0v) is 13.7. The van der Waals surface area contributed by atoms with Gasteiger partial charge in [0.05, 0.1) is 19.8 Å². The lowest BCUT2D eigenvalue weighted by Gasteiger charge is -2.37. The van der Waals surface area contributed by atoms with Crippen molar-refractivity contribution in [2.24, 2.45) is 0 Å². The molecule has 2 heterocycles. The molecule has 0 aromatic rings. The smallest absolute Gasteiger partial charge is 0.242 e. The van der Waals surface area contributed by atoms with Crippen LogP contribution >= 0.6 is 0 Å². The second-order valence-electron chi connectivity index (χ2n) is 5.75. The summed E-state index contributed by atoms with van der Waals surface area (Å²) in [7, 11) is 0. The molecule has 2 aliphatic rings. The van der Waals surface area contributed by atoms with Crippen molar-refractivity contribution < 1.29 is 14.3 Å². The Morgan fingerprint density at radius 1 is 1.14 bits per heavy atom. The number of ether oxygens (including phenoxy) is 1. The highest BCUT2D eigenvalue weighted by molar-refractivity contribution is 5.83. The molecule has 0 spiro atoms. The van der Waals surface area contributed by atoms with E-state index >= 15 is 0 Å². The van der Waals surface area contributed by atoms with E-state index < -0.39 is 0 Å². The van der Waals surface area contributed by atoms with Crippen LogP contribution in [0.25, 0.3) is 0 Å². The van der Waals surface area contributed by atoms with Gasteiger partial charge in [-0.25, -0.2) is 0 Å². The molecule has 2 fully saturated rings. The standard InChI is InChI=1S/C15H28N4O3/c1-3-17(4-2)11-14(20)18-6-8-19(9-7-18)15(21)13-12-22-10-5-16-13/h13,16H,3-12H2,1-2H3. The van der Waals surface area contributed by atoms with Crippen molar-refractivity contribution in [3.63, 3.8) is 0 Å². The van der Waals surface area contributed by atoms with Gasteiger partial charge in [-0.15, -0.1) is 0 Å². The zero-order valence-electron chi connectivity index (χ0n) is 13.7. The topological polar surface area (TPSA) is 65.1 Å². The Morgan fingerprint density at radius 2 is 1.77 bits per heavy atom. The maximum Gasteiger partial charge on any atom is 0.242 e. The Kier molecular flexibility index (Phi) is 6.60. The molecule has 7 heteroatoms. The van der Waals surface area contributed by atoms with Gasteiger partial charge in [0, 0.05) is 32.7 Å². The van der Waals surface area contributed by atoms with Gasteiger partial charge in [-0.05, 0) is 13.1 Å². The average molecular weight is 312 g/mol. The van der Waals surface area contributed by atoms with Crippen LogP contribution in [-0.2, 0) is 14.3 Å². The second kappa shape index (κ2) is 8.45. The maximum absolute atomic E-state index is 12.4. The molecular formula is C15H28N4O3. The largest absolute Gasteiger partial charge is 0.378 e. The first-order chi connectivity index (χ1) is 10.7. The van der Waals surface area contributed by atoms with Crippen LogP contribution in [-0.4, -0.2) is 98.1 Å². The minimum absolute atomic E-state index is 0.0931. The van der Waals surface area contributed by atoms with Crippen LogP contribution in [0.4, 0.5) is 0 Å². The zero-order chi connectivity index (χ0) is 15.9. The first-order valence-corrected chi connectivity index (χ1v) is 8.25. The molecule has 0 aliphatic carbocycles. The van der Waals surface area contributed by atoms with Gasteiger partial charge in [0.2, 0.25) is 11.8 Å².